The fraction of sp³-hybridized carbons (Fsp3) is 0.542. The molecule has 2 saturated heterocycles. The van der Waals surface area contributed by atoms with Crippen LogP contribution in [-0.2, 0) is 14.3 Å². The van der Waals surface area contributed by atoms with E-state index in [0.717, 1.165) is 48.7 Å². The van der Waals surface area contributed by atoms with Gasteiger partial charge in [0, 0.05) is 43.3 Å². The number of rotatable bonds is 5. The second-order valence-electron chi connectivity index (χ2n) is 9.46. The lowest BCUT2D eigenvalue weighted by atomic mass is 9.89. The summed E-state index contributed by atoms with van der Waals surface area (Å²) in [5.74, 6) is 0.145. The molecule has 170 valence electrons. The van der Waals surface area contributed by atoms with Gasteiger partial charge in [-0.15, -0.1) is 0 Å². The Kier molecular flexibility index (Phi) is 6.13. The molecule has 2 aromatic rings. The van der Waals surface area contributed by atoms with Gasteiger partial charge in [0.2, 0.25) is 11.9 Å². The van der Waals surface area contributed by atoms with Crippen molar-refractivity contribution in [1.82, 2.24) is 20.3 Å². The molecule has 1 amide bonds. The average Bonchev–Trinajstić information content (AvgIpc) is 3.06. The van der Waals surface area contributed by atoms with E-state index < -0.39 is 11.5 Å². The molecule has 4 rings (SSSR count). The number of piperidine rings is 1. The maximum Gasteiger partial charge on any atom is 0.307 e. The van der Waals surface area contributed by atoms with Crippen LogP contribution in [0, 0.1) is 5.92 Å². The number of cyclic esters (lactones) is 1. The summed E-state index contributed by atoms with van der Waals surface area (Å²) in [6, 6.07) is 4.02. The summed E-state index contributed by atoms with van der Waals surface area (Å²) in [6.45, 7) is 9.39. The van der Waals surface area contributed by atoms with E-state index in [0.29, 0.717) is 0 Å². The molecule has 4 heterocycles. The average molecular weight is 438 g/mol. The standard InChI is InChI=1S/C24H31N5O3/c1-15(2)21-18(16-5-9-25-10-6-16)14-26-23(28-21)29-11-7-17(8-12-29)27-22(31)19-13-20(30)32-24(19,3)4/h5-6,9-10,14-15,17,19H,7-8,11-13H2,1-4H3,(H,27,31). The lowest BCUT2D eigenvalue weighted by Gasteiger charge is -2.34. The Bertz CT molecular complexity index is 984. The van der Waals surface area contributed by atoms with Crippen LogP contribution >= 0.6 is 0 Å². The van der Waals surface area contributed by atoms with Crippen LogP contribution in [0.2, 0.25) is 0 Å². The van der Waals surface area contributed by atoms with Gasteiger partial charge >= 0.3 is 5.97 Å². The molecule has 32 heavy (non-hydrogen) atoms. The number of amides is 1. The van der Waals surface area contributed by atoms with Crippen LogP contribution < -0.4 is 10.2 Å². The van der Waals surface area contributed by atoms with Crippen molar-refractivity contribution in [2.75, 3.05) is 18.0 Å². The molecular formula is C24H31N5O3. The molecule has 2 aliphatic heterocycles. The first-order valence-corrected chi connectivity index (χ1v) is 11.3. The van der Waals surface area contributed by atoms with E-state index in [2.05, 4.69) is 34.0 Å². The van der Waals surface area contributed by atoms with Crippen molar-refractivity contribution in [3.05, 3.63) is 36.4 Å². The zero-order valence-electron chi connectivity index (χ0n) is 19.2. The molecule has 0 saturated carbocycles. The Morgan fingerprint density at radius 2 is 1.91 bits per heavy atom. The predicted octanol–water partition coefficient (Wildman–Crippen LogP) is 3.09. The van der Waals surface area contributed by atoms with Crippen molar-refractivity contribution < 1.29 is 14.3 Å². The molecular weight excluding hydrogens is 406 g/mol. The number of pyridine rings is 1. The molecule has 2 aromatic heterocycles. The molecule has 8 heteroatoms. The Labute approximate surface area is 188 Å². The molecule has 2 aliphatic rings. The van der Waals surface area contributed by atoms with Crippen molar-refractivity contribution in [3.63, 3.8) is 0 Å². The number of hydrogen-bond acceptors (Lipinski definition) is 7. The van der Waals surface area contributed by atoms with Gasteiger partial charge in [-0.1, -0.05) is 13.8 Å². The summed E-state index contributed by atoms with van der Waals surface area (Å²) >= 11 is 0. The molecule has 0 aliphatic carbocycles. The SMILES string of the molecule is CC(C)c1nc(N2CCC(NC(=O)C3CC(=O)OC3(C)C)CC2)ncc1-c1ccncc1. The van der Waals surface area contributed by atoms with Crippen molar-refractivity contribution >= 4 is 17.8 Å². The molecule has 0 radical (unpaired) electrons. The third-order valence-electron chi connectivity index (χ3n) is 6.37. The minimum atomic E-state index is -0.750. The van der Waals surface area contributed by atoms with Gasteiger partial charge in [-0.2, -0.15) is 0 Å². The quantitative estimate of drug-likeness (QED) is 0.718. The molecule has 0 bridgehead atoms. The fourth-order valence-corrected chi connectivity index (χ4v) is 4.48. The van der Waals surface area contributed by atoms with Gasteiger partial charge in [-0.05, 0) is 50.3 Å². The Hall–Kier alpha value is -3.03. The summed E-state index contributed by atoms with van der Waals surface area (Å²) in [4.78, 5) is 40.2. The maximum atomic E-state index is 12.7. The van der Waals surface area contributed by atoms with Crippen LogP contribution in [0.25, 0.3) is 11.1 Å². The molecule has 2 fully saturated rings. The van der Waals surface area contributed by atoms with E-state index in [1.54, 1.807) is 26.2 Å². The first-order chi connectivity index (χ1) is 15.2. The number of hydrogen-bond donors (Lipinski definition) is 1. The monoisotopic (exact) mass is 437 g/mol. The molecule has 1 unspecified atom stereocenters. The van der Waals surface area contributed by atoms with E-state index in [-0.39, 0.29) is 30.3 Å². The zero-order chi connectivity index (χ0) is 22.9. The summed E-state index contributed by atoms with van der Waals surface area (Å²) in [5, 5.41) is 3.12. The summed E-state index contributed by atoms with van der Waals surface area (Å²) in [7, 11) is 0. The molecule has 8 nitrogen and oxygen atoms in total. The number of carbonyl (C=O) groups is 2. The summed E-state index contributed by atoms with van der Waals surface area (Å²) < 4.78 is 5.29. The first-order valence-electron chi connectivity index (χ1n) is 11.3. The van der Waals surface area contributed by atoms with Crippen molar-refractivity contribution in [2.45, 2.75) is 64.5 Å². The highest BCUT2D eigenvalue weighted by molar-refractivity contribution is 5.87. The van der Waals surface area contributed by atoms with Gasteiger partial charge in [0.25, 0.3) is 0 Å². The number of anilines is 1. The third kappa shape index (κ3) is 4.59. The van der Waals surface area contributed by atoms with Gasteiger partial charge in [0.1, 0.15) is 5.60 Å². The van der Waals surface area contributed by atoms with Crippen LogP contribution in [0.15, 0.2) is 30.7 Å². The number of aromatic nitrogens is 3. The van der Waals surface area contributed by atoms with Crippen LogP contribution in [0.1, 0.15) is 58.6 Å². The largest absolute Gasteiger partial charge is 0.459 e. The van der Waals surface area contributed by atoms with Crippen LogP contribution in [-0.4, -0.2) is 51.6 Å². The normalized spacial score (nSPS) is 21.0. The van der Waals surface area contributed by atoms with E-state index in [9.17, 15) is 9.59 Å². The topological polar surface area (TPSA) is 97.3 Å². The molecule has 0 aromatic carbocycles. The van der Waals surface area contributed by atoms with Gasteiger partial charge < -0.3 is 15.0 Å². The van der Waals surface area contributed by atoms with Gasteiger partial charge in [-0.25, -0.2) is 9.97 Å². The molecule has 1 atom stereocenters. The molecule has 1 N–H and O–H groups in total. The Morgan fingerprint density at radius 1 is 1.22 bits per heavy atom. The van der Waals surface area contributed by atoms with Crippen molar-refractivity contribution in [2.24, 2.45) is 5.92 Å². The highest BCUT2D eigenvalue weighted by Crippen LogP contribution is 2.33. The van der Waals surface area contributed by atoms with Crippen LogP contribution in [0.5, 0.6) is 0 Å². The third-order valence-corrected chi connectivity index (χ3v) is 6.37. The maximum absolute atomic E-state index is 12.7. The second-order valence-corrected chi connectivity index (χ2v) is 9.46. The number of nitrogens with one attached hydrogen (secondary N) is 1. The lowest BCUT2D eigenvalue weighted by Crippen LogP contribution is -2.49. The second kappa shape index (κ2) is 8.84. The van der Waals surface area contributed by atoms with Crippen LogP contribution in [0.3, 0.4) is 0 Å². The minimum absolute atomic E-state index is 0.0749. The summed E-state index contributed by atoms with van der Waals surface area (Å²) in [6.07, 6.45) is 7.22. The Morgan fingerprint density at radius 3 is 2.50 bits per heavy atom. The fourth-order valence-electron chi connectivity index (χ4n) is 4.48. The van der Waals surface area contributed by atoms with Gasteiger partial charge in [0.15, 0.2) is 0 Å². The van der Waals surface area contributed by atoms with Crippen molar-refractivity contribution in [3.8, 4) is 11.1 Å². The minimum Gasteiger partial charge on any atom is -0.459 e. The van der Waals surface area contributed by atoms with E-state index in [1.807, 2.05) is 18.3 Å². The predicted molar refractivity (Wildman–Crippen MR) is 121 cm³/mol. The number of esters is 1. The van der Waals surface area contributed by atoms with E-state index in [1.165, 1.54) is 0 Å². The zero-order valence-corrected chi connectivity index (χ0v) is 19.2. The number of carbonyl (C=O) groups excluding carboxylic acids is 2. The number of nitrogens with zero attached hydrogens (tertiary/aromatic N) is 4. The van der Waals surface area contributed by atoms with Gasteiger partial charge in [0.05, 0.1) is 18.0 Å². The highest BCUT2D eigenvalue weighted by atomic mass is 16.6. The Balaban J connectivity index is 1.40. The van der Waals surface area contributed by atoms with E-state index in [4.69, 9.17) is 9.72 Å². The van der Waals surface area contributed by atoms with Crippen LogP contribution in [0.4, 0.5) is 5.95 Å². The number of ether oxygens (including phenoxy) is 1. The van der Waals surface area contributed by atoms with Crippen molar-refractivity contribution in [1.29, 1.82) is 0 Å². The summed E-state index contributed by atoms with van der Waals surface area (Å²) in [5.41, 5.74) is 2.36. The lowest BCUT2D eigenvalue weighted by molar-refractivity contribution is -0.147. The van der Waals surface area contributed by atoms with Gasteiger partial charge in [-0.3, -0.25) is 14.6 Å². The molecule has 0 spiro atoms. The van der Waals surface area contributed by atoms with E-state index >= 15 is 0 Å². The first kappa shape index (κ1) is 22.2. The highest BCUT2D eigenvalue weighted by Gasteiger charge is 2.46. The smallest absolute Gasteiger partial charge is 0.307 e.